The van der Waals surface area contributed by atoms with Crippen LogP contribution in [0.1, 0.15) is 37.0 Å². The smallest absolute Gasteiger partial charge is 0.217 e. The number of benzene rings is 1. The molecule has 1 aliphatic heterocycles. The quantitative estimate of drug-likeness (QED) is 0.872. The lowest BCUT2D eigenvalue weighted by Gasteiger charge is -2.34. The standard InChI is InChI=1S/C16H21N3O2/c1-12(20)18-15-3-2-8-19(10-15)11-16(21)14-6-4-13(9-17)5-7-14/h4-7,15-16,21H,2-3,8,10-11H2,1H3,(H,18,20). The molecular weight excluding hydrogens is 266 g/mol. The molecule has 2 unspecified atom stereocenters. The lowest BCUT2D eigenvalue weighted by Crippen LogP contribution is -2.48. The molecule has 1 amide bonds. The van der Waals surface area contributed by atoms with Gasteiger partial charge in [-0.2, -0.15) is 5.26 Å². The topological polar surface area (TPSA) is 76.4 Å². The van der Waals surface area contributed by atoms with Crippen LogP contribution in [0.25, 0.3) is 0 Å². The first-order valence-corrected chi connectivity index (χ1v) is 7.26. The van der Waals surface area contributed by atoms with Crippen LogP contribution < -0.4 is 5.32 Å². The van der Waals surface area contributed by atoms with Gasteiger partial charge in [0.25, 0.3) is 0 Å². The first kappa shape index (κ1) is 15.5. The zero-order chi connectivity index (χ0) is 15.2. The SMILES string of the molecule is CC(=O)NC1CCCN(CC(O)c2ccc(C#N)cc2)C1. The van der Waals surface area contributed by atoms with Crippen LogP contribution in [0.15, 0.2) is 24.3 Å². The van der Waals surface area contributed by atoms with Gasteiger partial charge in [0.05, 0.1) is 17.7 Å². The van der Waals surface area contributed by atoms with E-state index in [1.54, 1.807) is 24.3 Å². The van der Waals surface area contributed by atoms with Crippen LogP contribution in [0.2, 0.25) is 0 Å². The molecule has 1 aromatic rings. The van der Waals surface area contributed by atoms with Crippen molar-refractivity contribution in [3.05, 3.63) is 35.4 Å². The number of hydrogen-bond acceptors (Lipinski definition) is 4. The second-order valence-corrected chi connectivity index (χ2v) is 5.55. The van der Waals surface area contributed by atoms with Crippen LogP contribution in [-0.2, 0) is 4.79 Å². The van der Waals surface area contributed by atoms with E-state index in [1.807, 2.05) is 0 Å². The van der Waals surface area contributed by atoms with E-state index in [1.165, 1.54) is 6.92 Å². The minimum Gasteiger partial charge on any atom is -0.387 e. The summed E-state index contributed by atoms with van der Waals surface area (Å²) in [5.74, 6) is -0.00510. The molecular formula is C16H21N3O2. The Morgan fingerprint density at radius 1 is 1.52 bits per heavy atom. The Balaban J connectivity index is 1.90. The number of amides is 1. The van der Waals surface area contributed by atoms with Gasteiger partial charge < -0.3 is 10.4 Å². The molecule has 2 atom stereocenters. The molecule has 1 aromatic carbocycles. The Morgan fingerprint density at radius 2 is 2.24 bits per heavy atom. The van der Waals surface area contributed by atoms with Crippen molar-refractivity contribution in [2.75, 3.05) is 19.6 Å². The van der Waals surface area contributed by atoms with E-state index in [0.29, 0.717) is 12.1 Å². The number of likely N-dealkylation sites (tertiary alicyclic amines) is 1. The van der Waals surface area contributed by atoms with E-state index < -0.39 is 6.10 Å². The molecule has 2 rings (SSSR count). The third-order valence-electron chi connectivity index (χ3n) is 3.77. The van der Waals surface area contributed by atoms with Crippen LogP contribution in [0.3, 0.4) is 0 Å². The highest BCUT2D eigenvalue weighted by Crippen LogP contribution is 2.18. The van der Waals surface area contributed by atoms with Crippen molar-refractivity contribution >= 4 is 5.91 Å². The first-order valence-electron chi connectivity index (χ1n) is 7.26. The molecule has 0 aliphatic carbocycles. The van der Waals surface area contributed by atoms with Crippen LogP contribution >= 0.6 is 0 Å². The van der Waals surface area contributed by atoms with Crippen molar-refractivity contribution in [2.45, 2.75) is 31.9 Å². The first-order chi connectivity index (χ1) is 10.1. The van der Waals surface area contributed by atoms with Gasteiger partial charge in [-0.1, -0.05) is 12.1 Å². The van der Waals surface area contributed by atoms with Crippen molar-refractivity contribution in [2.24, 2.45) is 0 Å². The average molecular weight is 287 g/mol. The summed E-state index contributed by atoms with van der Waals surface area (Å²) in [4.78, 5) is 13.3. The molecule has 1 fully saturated rings. The summed E-state index contributed by atoms with van der Waals surface area (Å²) in [5, 5.41) is 22.0. The molecule has 0 aromatic heterocycles. The largest absolute Gasteiger partial charge is 0.387 e. The van der Waals surface area contributed by atoms with Crippen molar-refractivity contribution in [1.29, 1.82) is 5.26 Å². The minimum absolute atomic E-state index is 0.00510. The van der Waals surface area contributed by atoms with Gasteiger partial charge in [-0.05, 0) is 37.1 Å². The van der Waals surface area contributed by atoms with E-state index in [4.69, 9.17) is 5.26 Å². The number of rotatable bonds is 4. The predicted octanol–water partition coefficient (Wildman–Crippen LogP) is 1.19. The third kappa shape index (κ3) is 4.55. The third-order valence-corrected chi connectivity index (χ3v) is 3.77. The molecule has 5 nitrogen and oxygen atoms in total. The maximum Gasteiger partial charge on any atom is 0.217 e. The summed E-state index contributed by atoms with van der Waals surface area (Å²) in [6.45, 7) is 3.78. The highest BCUT2D eigenvalue weighted by molar-refractivity contribution is 5.73. The summed E-state index contributed by atoms with van der Waals surface area (Å²) in [6.07, 6.45) is 1.43. The van der Waals surface area contributed by atoms with Gasteiger partial charge in [0.1, 0.15) is 0 Å². The molecule has 0 spiro atoms. The fraction of sp³-hybridized carbons (Fsp3) is 0.500. The maximum atomic E-state index is 11.1. The van der Waals surface area contributed by atoms with E-state index in [9.17, 15) is 9.90 Å². The fourth-order valence-electron chi connectivity index (χ4n) is 2.76. The Bertz CT molecular complexity index is 521. The van der Waals surface area contributed by atoms with Gasteiger partial charge in [0.2, 0.25) is 5.91 Å². The van der Waals surface area contributed by atoms with Gasteiger partial charge in [-0.15, -0.1) is 0 Å². The zero-order valence-electron chi connectivity index (χ0n) is 12.2. The number of nitrogens with zero attached hydrogens (tertiary/aromatic N) is 2. The van der Waals surface area contributed by atoms with Crippen molar-refractivity contribution in [1.82, 2.24) is 10.2 Å². The molecule has 2 N–H and O–H groups in total. The summed E-state index contributed by atoms with van der Waals surface area (Å²) in [6, 6.07) is 9.25. The van der Waals surface area contributed by atoms with E-state index >= 15 is 0 Å². The van der Waals surface area contributed by atoms with Gasteiger partial charge in [-0.25, -0.2) is 0 Å². The number of aliphatic hydroxyl groups is 1. The number of aliphatic hydroxyl groups excluding tert-OH is 1. The predicted molar refractivity (Wildman–Crippen MR) is 79.4 cm³/mol. The molecule has 5 heteroatoms. The second-order valence-electron chi connectivity index (χ2n) is 5.55. The van der Waals surface area contributed by atoms with Gasteiger partial charge in [0, 0.05) is 26.1 Å². The van der Waals surface area contributed by atoms with Crippen LogP contribution in [0, 0.1) is 11.3 Å². The van der Waals surface area contributed by atoms with Gasteiger partial charge in [0.15, 0.2) is 0 Å². The van der Waals surface area contributed by atoms with Crippen molar-refractivity contribution < 1.29 is 9.90 Å². The Kier molecular flexibility index (Phi) is 5.32. The normalized spacial score (nSPS) is 20.5. The van der Waals surface area contributed by atoms with Crippen molar-refractivity contribution in [3.63, 3.8) is 0 Å². The average Bonchev–Trinajstić information content (AvgIpc) is 2.47. The van der Waals surface area contributed by atoms with E-state index in [-0.39, 0.29) is 11.9 Å². The van der Waals surface area contributed by atoms with Crippen molar-refractivity contribution in [3.8, 4) is 6.07 Å². The number of nitrogens with one attached hydrogen (secondary N) is 1. The maximum absolute atomic E-state index is 11.1. The lowest BCUT2D eigenvalue weighted by atomic mass is 10.0. The van der Waals surface area contributed by atoms with Crippen LogP contribution in [0.5, 0.6) is 0 Å². The number of piperidine rings is 1. The zero-order valence-corrected chi connectivity index (χ0v) is 12.2. The highest BCUT2D eigenvalue weighted by atomic mass is 16.3. The molecule has 0 saturated carbocycles. The van der Waals surface area contributed by atoms with Gasteiger partial charge in [-0.3, -0.25) is 9.69 Å². The lowest BCUT2D eigenvalue weighted by molar-refractivity contribution is -0.120. The molecule has 1 aliphatic rings. The number of carbonyl (C=O) groups is 1. The van der Waals surface area contributed by atoms with Gasteiger partial charge >= 0.3 is 0 Å². The van der Waals surface area contributed by atoms with Crippen LogP contribution in [-0.4, -0.2) is 41.6 Å². The molecule has 0 radical (unpaired) electrons. The number of β-amino-alcohol motifs (C(OH)–C–C–N with tert-alkyl or cyclic N) is 1. The monoisotopic (exact) mass is 287 g/mol. The number of nitriles is 1. The number of hydrogen-bond donors (Lipinski definition) is 2. The minimum atomic E-state index is -0.575. The fourth-order valence-corrected chi connectivity index (χ4v) is 2.76. The highest BCUT2D eigenvalue weighted by Gasteiger charge is 2.22. The summed E-state index contributed by atoms with van der Waals surface area (Å²) >= 11 is 0. The summed E-state index contributed by atoms with van der Waals surface area (Å²) in [5.41, 5.74) is 1.41. The molecule has 0 bridgehead atoms. The summed E-state index contributed by atoms with van der Waals surface area (Å²) in [7, 11) is 0. The van der Waals surface area contributed by atoms with Crippen LogP contribution in [0.4, 0.5) is 0 Å². The molecule has 1 heterocycles. The second kappa shape index (κ2) is 7.21. The Labute approximate surface area is 125 Å². The molecule has 21 heavy (non-hydrogen) atoms. The Morgan fingerprint density at radius 3 is 2.86 bits per heavy atom. The number of carbonyl (C=O) groups excluding carboxylic acids is 1. The van der Waals surface area contributed by atoms with E-state index in [0.717, 1.165) is 31.5 Å². The van der Waals surface area contributed by atoms with E-state index in [2.05, 4.69) is 16.3 Å². The molecule has 112 valence electrons. The Hall–Kier alpha value is -1.90. The molecule has 1 saturated heterocycles. The summed E-state index contributed by atoms with van der Waals surface area (Å²) < 4.78 is 0.